The number of hydrogen-bond donors (Lipinski definition) is 3. The van der Waals surface area contributed by atoms with E-state index in [1.165, 1.54) is 0 Å². The number of carbonyl (C=O) groups excluding carboxylic acids is 1. The van der Waals surface area contributed by atoms with E-state index in [1.807, 2.05) is 6.92 Å². The molecule has 0 aromatic heterocycles. The zero-order valence-corrected chi connectivity index (χ0v) is 8.62. The van der Waals surface area contributed by atoms with Gasteiger partial charge in [-0.3, -0.25) is 0 Å². The number of urea groups is 1. The number of β-amino-alcohol motifs (C(OH)–C–C–N with tert-alkyl or cyclic N) is 1. The summed E-state index contributed by atoms with van der Waals surface area (Å²) in [7, 11) is 0. The lowest BCUT2D eigenvalue weighted by atomic mass is 10.3. The van der Waals surface area contributed by atoms with Crippen LogP contribution in [0.5, 0.6) is 0 Å². The summed E-state index contributed by atoms with van der Waals surface area (Å²) in [5.74, 6) is 0. The fourth-order valence-corrected chi connectivity index (χ4v) is 1.42. The molecule has 5 heteroatoms. The first-order valence-electron chi connectivity index (χ1n) is 5.15. The van der Waals surface area contributed by atoms with Crippen molar-refractivity contribution < 1.29 is 9.90 Å². The minimum absolute atomic E-state index is 0.0744. The van der Waals surface area contributed by atoms with E-state index in [0.717, 1.165) is 13.0 Å². The molecule has 14 heavy (non-hydrogen) atoms. The first-order chi connectivity index (χ1) is 6.74. The highest BCUT2D eigenvalue weighted by Gasteiger charge is 2.19. The van der Waals surface area contributed by atoms with Gasteiger partial charge in [0, 0.05) is 32.7 Å². The van der Waals surface area contributed by atoms with Crippen LogP contribution in [0, 0.1) is 0 Å². The van der Waals surface area contributed by atoms with E-state index in [4.69, 9.17) is 0 Å². The van der Waals surface area contributed by atoms with Crippen LogP contribution in [0.15, 0.2) is 0 Å². The van der Waals surface area contributed by atoms with E-state index in [9.17, 15) is 9.90 Å². The maximum Gasteiger partial charge on any atom is 0.317 e. The monoisotopic (exact) mass is 201 g/mol. The molecule has 0 bridgehead atoms. The highest BCUT2D eigenvalue weighted by Crippen LogP contribution is 1.96. The number of rotatable bonds is 2. The summed E-state index contributed by atoms with van der Waals surface area (Å²) in [5, 5.41) is 15.3. The van der Waals surface area contributed by atoms with Crippen LogP contribution in [0.3, 0.4) is 0 Å². The van der Waals surface area contributed by atoms with E-state index >= 15 is 0 Å². The van der Waals surface area contributed by atoms with Crippen molar-refractivity contribution in [2.75, 3.05) is 32.7 Å². The van der Waals surface area contributed by atoms with Gasteiger partial charge in [0.2, 0.25) is 0 Å². The molecule has 82 valence electrons. The fourth-order valence-electron chi connectivity index (χ4n) is 1.42. The largest absolute Gasteiger partial charge is 0.390 e. The first-order valence-corrected chi connectivity index (χ1v) is 5.15. The number of aliphatic hydroxyl groups is 1. The van der Waals surface area contributed by atoms with Gasteiger partial charge in [-0.1, -0.05) is 6.92 Å². The van der Waals surface area contributed by atoms with E-state index in [2.05, 4.69) is 10.6 Å². The first kappa shape index (κ1) is 11.3. The number of nitrogens with one attached hydrogen (secondary N) is 2. The Morgan fingerprint density at radius 1 is 1.71 bits per heavy atom. The predicted molar refractivity (Wildman–Crippen MR) is 54.1 cm³/mol. The molecular formula is C9H19N3O2. The zero-order chi connectivity index (χ0) is 10.4. The van der Waals surface area contributed by atoms with E-state index < -0.39 is 6.10 Å². The molecule has 0 aromatic carbocycles. The molecular weight excluding hydrogens is 182 g/mol. The highest BCUT2D eigenvalue weighted by molar-refractivity contribution is 5.74. The summed E-state index contributed by atoms with van der Waals surface area (Å²) in [6.07, 6.45) is 0.477. The minimum atomic E-state index is -0.454. The van der Waals surface area contributed by atoms with Crippen molar-refractivity contribution in [1.29, 1.82) is 0 Å². The van der Waals surface area contributed by atoms with Gasteiger partial charge in [0.05, 0.1) is 6.10 Å². The molecule has 1 fully saturated rings. The summed E-state index contributed by atoms with van der Waals surface area (Å²) < 4.78 is 0. The van der Waals surface area contributed by atoms with Gasteiger partial charge in [0.15, 0.2) is 0 Å². The molecule has 0 spiro atoms. The van der Waals surface area contributed by atoms with Crippen LogP contribution in [0.1, 0.15) is 13.3 Å². The SMILES string of the molecule is CCCNC(=O)N1CCNCC(O)C1. The van der Waals surface area contributed by atoms with Crippen LogP contribution in [0.25, 0.3) is 0 Å². The van der Waals surface area contributed by atoms with Crippen molar-refractivity contribution in [2.45, 2.75) is 19.4 Å². The summed E-state index contributed by atoms with van der Waals surface area (Å²) in [6.45, 7) is 5.10. The van der Waals surface area contributed by atoms with Gasteiger partial charge in [-0.15, -0.1) is 0 Å². The molecule has 0 aromatic rings. The second-order valence-corrected chi connectivity index (χ2v) is 3.54. The molecule has 1 heterocycles. The zero-order valence-electron chi connectivity index (χ0n) is 8.62. The lowest BCUT2D eigenvalue weighted by Gasteiger charge is -2.21. The average Bonchev–Trinajstić information content (AvgIpc) is 2.39. The molecule has 0 radical (unpaired) electrons. The lowest BCUT2D eigenvalue weighted by Crippen LogP contribution is -2.44. The Kier molecular flexibility index (Phi) is 4.69. The predicted octanol–water partition coefficient (Wildman–Crippen LogP) is -0.628. The quantitative estimate of drug-likeness (QED) is 0.557. The smallest absolute Gasteiger partial charge is 0.317 e. The van der Waals surface area contributed by atoms with Crippen LogP contribution in [-0.2, 0) is 0 Å². The molecule has 3 N–H and O–H groups in total. The fraction of sp³-hybridized carbons (Fsp3) is 0.889. The van der Waals surface area contributed by atoms with Crippen molar-refractivity contribution in [1.82, 2.24) is 15.5 Å². The van der Waals surface area contributed by atoms with Gasteiger partial charge in [0.25, 0.3) is 0 Å². The van der Waals surface area contributed by atoms with E-state index in [0.29, 0.717) is 26.2 Å². The average molecular weight is 201 g/mol. The number of hydrogen-bond acceptors (Lipinski definition) is 3. The third-order valence-electron chi connectivity index (χ3n) is 2.18. The van der Waals surface area contributed by atoms with Gasteiger partial charge < -0.3 is 20.6 Å². The van der Waals surface area contributed by atoms with Gasteiger partial charge in [-0.2, -0.15) is 0 Å². The Morgan fingerprint density at radius 3 is 3.21 bits per heavy atom. The molecule has 1 rings (SSSR count). The third-order valence-corrected chi connectivity index (χ3v) is 2.18. The Hall–Kier alpha value is -0.810. The second kappa shape index (κ2) is 5.82. The molecule has 1 aliphatic heterocycles. The van der Waals surface area contributed by atoms with Crippen LogP contribution in [-0.4, -0.2) is 54.9 Å². The normalized spacial score (nSPS) is 23.0. The van der Waals surface area contributed by atoms with Crippen molar-refractivity contribution in [3.05, 3.63) is 0 Å². The van der Waals surface area contributed by atoms with Crippen LogP contribution in [0.2, 0.25) is 0 Å². The summed E-state index contributed by atoms with van der Waals surface area (Å²) in [4.78, 5) is 13.2. The Morgan fingerprint density at radius 2 is 2.50 bits per heavy atom. The second-order valence-electron chi connectivity index (χ2n) is 3.54. The molecule has 0 saturated carbocycles. The van der Waals surface area contributed by atoms with Gasteiger partial charge in [0.1, 0.15) is 0 Å². The Balaban J connectivity index is 2.36. The highest BCUT2D eigenvalue weighted by atomic mass is 16.3. The van der Waals surface area contributed by atoms with Crippen molar-refractivity contribution in [3.63, 3.8) is 0 Å². The molecule has 1 saturated heterocycles. The summed E-state index contributed by atoms with van der Waals surface area (Å²) >= 11 is 0. The summed E-state index contributed by atoms with van der Waals surface area (Å²) in [6, 6.07) is -0.0744. The van der Waals surface area contributed by atoms with Gasteiger partial charge in [-0.05, 0) is 6.42 Å². The standard InChI is InChI=1S/C9H19N3O2/c1-2-3-11-9(14)12-5-4-10-6-8(13)7-12/h8,10,13H,2-7H2,1H3,(H,11,14). The summed E-state index contributed by atoms with van der Waals surface area (Å²) in [5.41, 5.74) is 0. The molecule has 1 aliphatic rings. The van der Waals surface area contributed by atoms with Crippen LogP contribution < -0.4 is 10.6 Å². The molecule has 0 aliphatic carbocycles. The maximum atomic E-state index is 11.5. The van der Waals surface area contributed by atoms with Crippen molar-refractivity contribution in [2.24, 2.45) is 0 Å². The number of carbonyl (C=O) groups is 1. The molecule has 2 amide bonds. The van der Waals surface area contributed by atoms with Crippen molar-refractivity contribution in [3.8, 4) is 0 Å². The number of amides is 2. The molecule has 1 unspecified atom stereocenters. The number of aliphatic hydroxyl groups excluding tert-OH is 1. The van der Waals surface area contributed by atoms with E-state index in [-0.39, 0.29) is 6.03 Å². The van der Waals surface area contributed by atoms with Gasteiger partial charge >= 0.3 is 6.03 Å². The minimum Gasteiger partial charge on any atom is -0.390 e. The van der Waals surface area contributed by atoms with E-state index in [1.54, 1.807) is 4.90 Å². The molecule has 5 nitrogen and oxygen atoms in total. The third kappa shape index (κ3) is 3.51. The Labute approximate surface area is 84.5 Å². The Bertz CT molecular complexity index is 187. The lowest BCUT2D eigenvalue weighted by molar-refractivity contribution is 0.135. The van der Waals surface area contributed by atoms with Crippen molar-refractivity contribution >= 4 is 6.03 Å². The van der Waals surface area contributed by atoms with Crippen LogP contribution >= 0.6 is 0 Å². The molecule has 1 atom stereocenters. The topological polar surface area (TPSA) is 64.6 Å². The number of nitrogens with zero attached hydrogens (tertiary/aromatic N) is 1. The van der Waals surface area contributed by atoms with Gasteiger partial charge in [-0.25, -0.2) is 4.79 Å². The maximum absolute atomic E-state index is 11.5. The van der Waals surface area contributed by atoms with Crippen LogP contribution in [0.4, 0.5) is 4.79 Å².